The molecule has 0 amide bonds. The number of aromatic nitrogens is 6. The third kappa shape index (κ3) is 5.93. The molecule has 3 aromatic carbocycles. The number of pyridine rings is 1. The van der Waals surface area contributed by atoms with E-state index in [0.29, 0.717) is 17.0 Å². The summed E-state index contributed by atoms with van der Waals surface area (Å²) in [6.45, 7) is 3.84. The second-order valence-electron chi connectivity index (χ2n) is 11.0. The average Bonchev–Trinajstić information content (AvgIpc) is 3.81. The molecule has 49 heavy (non-hydrogen) atoms. The second kappa shape index (κ2) is 12.7. The molecule has 0 saturated heterocycles. The van der Waals surface area contributed by atoms with Gasteiger partial charge in [-0.3, -0.25) is 9.36 Å². The van der Waals surface area contributed by atoms with Gasteiger partial charge in [0.15, 0.2) is 5.65 Å². The summed E-state index contributed by atoms with van der Waals surface area (Å²) < 4.78 is 60.7. The van der Waals surface area contributed by atoms with Gasteiger partial charge in [0.2, 0.25) is 11.1 Å². The quantitative estimate of drug-likeness (QED) is 0.171. The minimum Gasteiger partial charge on any atom is -0.347 e. The van der Waals surface area contributed by atoms with Gasteiger partial charge in [0.25, 0.3) is 15.6 Å². The molecule has 4 heterocycles. The largest absolute Gasteiger partial charge is 0.347 e. The van der Waals surface area contributed by atoms with E-state index in [1.165, 1.54) is 36.5 Å². The molecule has 0 bridgehead atoms. The smallest absolute Gasteiger partial charge is 0.270 e. The molecule has 0 radical (unpaired) electrons. The lowest BCUT2D eigenvalue weighted by atomic mass is 10.0. The molecule has 0 saturated carbocycles. The van der Waals surface area contributed by atoms with E-state index in [0.717, 1.165) is 37.9 Å². The van der Waals surface area contributed by atoms with Crippen LogP contribution in [0.15, 0.2) is 106 Å². The van der Waals surface area contributed by atoms with Gasteiger partial charge >= 0.3 is 0 Å². The molecule has 2 N–H and O–H groups in total. The molecule has 0 aliphatic rings. The van der Waals surface area contributed by atoms with Crippen LogP contribution in [0.3, 0.4) is 0 Å². The van der Waals surface area contributed by atoms with Crippen molar-refractivity contribution in [2.75, 3.05) is 9.62 Å². The Morgan fingerprint density at radius 3 is 2.41 bits per heavy atom. The van der Waals surface area contributed by atoms with Crippen molar-refractivity contribution in [2.24, 2.45) is 0 Å². The number of aryl methyl sites for hydroxylation is 2. The number of nitrogens with one attached hydrogen (secondary N) is 2. The van der Waals surface area contributed by atoms with Crippen LogP contribution in [0.5, 0.6) is 0 Å². The molecule has 15 heteroatoms. The van der Waals surface area contributed by atoms with Crippen LogP contribution in [-0.2, 0) is 16.6 Å². The van der Waals surface area contributed by atoms with Crippen LogP contribution in [0, 0.1) is 25.5 Å². The standard InChI is InChI=1S/C34H26F2N8O3S2/c1-20-6-10-23(11-7-20)49(46,47)44(34-39-16-17-48-34)22-9-8-21(2)25(18-22)30-24-12-13-29(45)43(31-26(35)4-3-5-27(31)36)32(24)42-33(41-30)40-19-28-37-14-15-38-28/h3-18H,19H2,1-2H3,(H,37,38)(H,40,41,42). The third-order valence-corrected chi connectivity index (χ3v) is 10.3. The van der Waals surface area contributed by atoms with E-state index < -0.39 is 32.9 Å². The summed E-state index contributed by atoms with van der Waals surface area (Å²) in [6, 6.07) is 17.5. The Labute approximate surface area is 282 Å². The molecule has 0 unspecified atom stereocenters. The first-order chi connectivity index (χ1) is 23.6. The van der Waals surface area contributed by atoms with Crippen molar-refractivity contribution in [2.45, 2.75) is 25.3 Å². The van der Waals surface area contributed by atoms with Crippen molar-refractivity contribution in [3.8, 4) is 16.9 Å². The van der Waals surface area contributed by atoms with Gasteiger partial charge in [-0.05, 0) is 61.9 Å². The number of sulfonamides is 1. The fourth-order valence-electron chi connectivity index (χ4n) is 5.35. The molecular weight excluding hydrogens is 671 g/mol. The van der Waals surface area contributed by atoms with Crippen LogP contribution < -0.4 is 15.2 Å². The Morgan fingerprint density at radius 1 is 0.939 bits per heavy atom. The van der Waals surface area contributed by atoms with E-state index in [-0.39, 0.29) is 44.9 Å². The molecule has 0 atom stereocenters. The second-order valence-corrected chi connectivity index (χ2v) is 13.7. The zero-order chi connectivity index (χ0) is 34.3. The van der Waals surface area contributed by atoms with Crippen molar-refractivity contribution in [1.29, 1.82) is 0 Å². The number of nitrogens with zero attached hydrogens (tertiary/aromatic N) is 6. The van der Waals surface area contributed by atoms with Gasteiger partial charge in [0.05, 0.1) is 22.8 Å². The molecule has 0 aliphatic heterocycles. The Bertz CT molecular complexity index is 2470. The van der Waals surface area contributed by atoms with Crippen LogP contribution in [-0.4, -0.2) is 37.9 Å². The maximum Gasteiger partial charge on any atom is 0.270 e. The number of rotatable bonds is 9. The highest BCUT2D eigenvalue weighted by atomic mass is 32.2. The molecule has 0 fully saturated rings. The van der Waals surface area contributed by atoms with Gasteiger partial charge in [0.1, 0.15) is 23.1 Å². The molecule has 246 valence electrons. The first-order valence-electron chi connectivity index (χ1n) is 14.8. The van der Waals surface area contributed by atoms with Crippen molar-refractivity contribution >= 4 is 49.2 Å². The minimum atomic E-state index is -4.15. The van der Waals surface area contributed by atoms with E-state index in [9.17, 15) is 13.2 Å². The van der Waals surface area contributed by atoms with Crippen molar-refractivity contribution < 1.29 is 17.2 Å². The Morgan fingerprint density at radius 2 is 1.71 bits per heavy atom. The van der Waals surface area contributed by atoms with Crippen molar-refractivity contribution in [3.05, 3.63) is 136 Å². The normalized spacial score (nSPS) is 11.6. The lowest BCUT2D eigenvalue weighted by Gasteiger charge is -2.23. The van der Waals surface area contributed by atoms with Crippen LogP contribution in [0.25, 0.3) is 28.0 Å². The Hall–Kier alpha value is -5.80. The van der Waals surface area contributed by atoms with Gasteiger partial charge < -0.3 is 10.3 Å². The van der Waals surface area contributed by atoms with Crippen molar-refractivity contribution in [1.82, 2.24) is 29.5 Å². The molecule has 0 spiro atoms. The number of para-hydroxylation sites is 1. The van der Waals surface area contributed by atoms with Crippen LogP contribution in [0.4, 0.5) is 25.5 Å². The van der Waals surface area contributed by atoms with Crippen molar-refractivity contribution in [3.63, 3.8) is 0 Å². The van der Waals surface area contributed by atoms with E-state index in [1.54, 1.807) is 48.1 Å². The van der Waals surface area contributed by atoms with E-state index in [1.807, 2.05) is 13.8 Å². The van der Waals surface area contributed by atoms with E-state index in [4.69, 9.17) is 4.98 Å². The van der Waals surface area contributed by atoms with E-state index >= 15 is 8.78 Å². The number of halogens is 2. The average molecular weight is 697 g/mol. The summed E-state index contributed by atoms with van der Waals surface area (Å²) in [6.07, 6.45) is 4.74. The highest BCUT2D eigenvalue weighted by Gasteiger charge is 2.30. The summed E-state index contributed by atoms with van der Waals surface area (Å²) in [5.74, 6) is -1.32. The Kier molecular flexibility index (Phi) is 8.22. The first kappa shape index (κ1) is 31.8. The number of imidazole rings is 1. The van der Waals surface area contributed by atoms with Gasteiger partial charge in [-0.1, -0.05) is 29.8 Å². The number of aromatic amines is 1. The summed E-state index contributed by atoms with van der Waals surface area (Å²) in [4.78, 5) is 34.2. The summed E-state index contributed by atoms with van der Waals surface area (Å²) in [7, 11) is -4.15. The maximum absolute atomic E-state index is 15.2. The number of hydrogen-bond acceptors (Lipinski definition) is 9. The predicted octanol–water partition coefficient (Wildman–Crippen LogP) is 6.66. The maximum atomic E-state index is 15.2. The number of thiazole rings is 1. The minimum absolute atomic E-state index is 0.0313. The number of H-pyrrole nitrogens is 1. The molecular formula is C34H26F2N8O3S2. The van der Waals surface area contributed by atoms with E-state index in [2.05, 4.69) is 25.3 Å². The van der Waals surface area contributed by atoms with Gasteiger partial charge in [-0.25, -0.2) is 36.5 Å². The third-order valence-electron chi connectivity index (χ3n) is 7.74. The molecule has 0 aliphatic carbocycles. The number of anilines is 3. The number of fused-ring (bicyclic) bond motifs is 1. The first-order valence-corrected chi connectivity index (χ1v) is 17.2. The molecule has 11 nitrogen and oxygen atoms in total. The van der Waals surface area contributed by atoms with Gasteiger partial charge in [0, 0.05) is 41.0 Å². The van der Waals surface area contributed by atoms with Gasteiger partial charge in [-0.15, -0.1) is 11.3 Å². The topological polar surface area (TPSA) is 139 Å². The zero-order valence-electron chi connectivity index (χ0n) is 25.9. The summed E-state index contributed by atoms with van der Waals surface area (Å²) >= 11 is 1.15. The predicted molar refractivity (Wildman–Crippen MR) is 184 cm³/mol. The number of hydrogen-bond donors (Lipinski definition) is 2. The van der Waals surface area contributed by atoms with Crippen LogP contribution in [0.1, 0.15) is 17.0 Å². The van der Waals surface area contributed by atoms with Crippen LogP contribution >= 0.6 is 11.3 Å². The fourth-order valence-corrected chi connectivity index (χ4v) is 7.68. The zero-order valence-corrected chi connectivity index (χ0v) is 27.6. The lowest BCUT2D eigenvalue weighted by molar-refractivity contribution is 0.568. The van der Waals surface area contributed by atoms with Gasteiger partial charge in [-0.2, -0.15) is 4.98 Å². The number of benzene rings is 3. The van der Waals surface area contributed by atoms with Crippen LogP contribution in [0.2, 0.25) is 0 Å². The lowest BCUT2D eigenvalue weighted by Crippen LogP contribution is -2.26. The molecule has 7 aromatic rings. The molecule has 4 aromatic heterocycles. The fraction of sp³-hybridized carbons (Fsp3) is 0.0882. The Balaban J connectivity index is 1.47. The molecule has 7 rings (SSSR count). The summed E-state index contributed by atoms with van der Waals surface area (Å²) in [5, 5.41) is 5.25. The highest BCUT2D eigenvalue weighted by Crippen LogP contribution is 2.38. The SMILES string of the molecule is Cc1ccc(S(=O)(=O)N(c2ccc(C)c(-c3nc(NCc4ncc[nH]4)nc4c3ccc(=O)n4-c3c(F)cccc3F)c2)c2nccs2)cc1. The highest BCUT2D eigenvalue weighted by molar-refractivity contribution is 7.93. The monoisotopic (exact) mass is 696 g/mol. The summed E-state index contributed by atoms with van der Waals surface area (Å²) in [5.41, 5.74) is 1.24.